The van der Waals surface area contributed by atoms with Crippen molar-refractivity contribution in [3.63, 3.8) is 0 Å². The third-order valence-corrected chi connectivity index (χ3v) is 3.98. The molecule has 0 aliphatic rings. The molecule has 0 radical (unpaired) electrons. The molecule has 0 aliphatic heterocycles. The Morgan fingerprint density at radius 1 is 1.07 bits per heavy atom. The van der Waals surface area contributed by atoms with E-state index in [0.717, 1.165) is 16.9 Å². The van der Waals surface area contributed by atoms with Gasteiger partial charge in [0.25, 0.3) is 5.91 Å². The van der Waals surface area contributed by atoms with Crippen molar-refractivity contribution in [1.82, 2.24) is 5.32 Å². The van der Waals surface area contributed by atoms with E-state index in [9.17, 15) is 9.59 Å². The molecule has 2 unspecified atom stereocenters. The first-order valence-corrected chi connectivity index (χ1v) is 9.07. The lowest BCUT2D eigenvalue weighted by atomic mass is 10.1. The maximum absolute atomic E-state index is 12.2. The molecule has 0 heterocycles. The van der Waals surface area contributed by atoms with E-state index in [1.807, 2.05) is 49.4 Å². The zero-order chi connectivity index (χ0) is 20.4. The van der Waals surface area contributed by atoms with Crippen molar-refractivity contribution < 1.29 is 19.1 Å². The SMILES string of the molecule is C=CCOc1ccc(/C=C/C(=O)OC(C)C(=O)NC(C)c2ccccc2)cc1. The minimum atomic E-state index is -0.891. The lowest BCUT2D eigenvalue weighted by Gasteiger charge is -2.17. The van der Waals surface area contributed by atoms with Gasteiger partial charge in [0.1, 0.15) is 12.4 Å². The number of carbonyl (C=O) groups excluding carboxylic acids is 2. The zero-order valence-electron chi connectivity index (χ0n) is 16.1. The van der Waals surface area contributed by atoms with Gasteiger partial charge in [-0.2, -0.15) is 0 Å². The van der Waals surface area contributed by atoms with Crippen LogP contribution in [0.25, 0.3) is 6.08 Å². The second-order valence-corrected chi connectivity index (χ2v) is 6.22. The van der Waals surface area contributed by atoms with Gasteiger partial charge >= 0.3 is 5.97 Å². The normalized spacial score (nSPS) is 12.8. The average Bonchev–Trinajstić information content (AvgIpc) is 2.72. The van der Waals surface area contributed by atoms with Gasteiger partial charge in [0.15, 0.2) is 6.10 Å². The van der Waals surface area contributed by atoms with E-state index in [0.29, 0.717) is 6.61 Å². The zero-order valence-corrected chi connectivity index (χ0v) is 16.1. The first kappa shape index (κ1) is 21.0. The molecule has 2 atom stereocenters. The van der Waals surface area contributed by atoms with Crippen molar-refractivity contribution in [3.8, 4) is 5.75 Å². The van der Waals surface area contributed by atoms with Gasteiger partial charge in [-0.1, -0.05) is 55.1 Å². The van der Waals surface area contributed by atoms with Crippen LogP contribution in [0.3, 0.4) is 0 Å². The Balaban J connectivity index is 1.83. The minimum absolute atomic E-state index is 0.174. The van der Waals surface area contributed by atoms with Crippen LogP contribution in [0.1, 0.15) is 31.0 Å². The van der Waals surface area contributed by atoms with E-state index in [4.69, 9.17) is 9.47 Å². The van der Waals surface area contributed by atoms with Gasteiger partial charge in [-0.05, 0) is 43.2 Å². The number of carbonyl (C=O) groups is 2. The highest BCUT2D eigenvalue weighted by Crippen LogP contribution is 2.14. The van der Waals surface area contributed by atoms with Crippen LogP contribution in [-0.4, -0.2) is 24.6 Å². The van der Waals surface area contributed by atoms with Crippen LogP contribution in [0, 0.1) is 0 Å². The monoisotopic (exact) mass is 379 g/mol. The van der Waals surface area contributed by atoms with Crippen molar-refractivity contribution in [2.75, 3.05) is 6.61 Å². The summed E-state index contributed by atoms with van der Waals surface area (Å²) in [6.45, 7) is 7.45. The summed E-state index contributed by atoms with van der Waals surface area (Å²) in [4.78, 5) is 24.2. The molecule has 146 valence electrons. The molecule has 5 nitrogen and oxygen atoms in total. The molecule has 0 bridgehead atoms. The Hall–Kier alpha value is -3.34. The Morgan fingerprint density at radius 2 is 1.75 bits per heavy atom. The minimum Gasteiger partial charge on any atom is -0.490 e. The number of nitrogens with one attached hydrogen (secondary N) is 1. The van der Waals surface area contributed by atoms with Crippen molar-refractivity contribution in [3.05, 3.63) is 84.5 Å². The molecule has 0 spiro atoms. The van der Waals surface area contributed by atoms with Crippen LogP contribution in [0.5, 0.6) is 5.75 Å². The Morgan fingerprint density at radius 3 is 2.39 bits per heavy atom. The van der Waals surface area contributed by atoms with E-state index in [1.54, 1.807) is 31.2 Å². The molecule has 1 amide bonds. The van der Waals surface area contributed by atoms with Gasteiger partial charge in [0, 0.05) is 6.08 Å². The van der Waals surface area contributed by atoms with Gasteiger partial charge < -0.3 is 14.8 Å². The first-order valence-electron chi connectivity index (χ1n) is 9.07. The summed E-state index contributed by atoms with van der Waals surface area (Å²) in [5.41, 5.74) is 1.80. The Labute approximate surface area is 165 Å². The van der Waals surface area contributed by atoms with Crippen LogP contribution in [0.2, 0.25) is 0 Å². The number of amides is 1. The highest BCUT2D eigenvalue weighted by Gasteiger charge is 2.18. The fraction of sp³-hybridized carbons (Fsp3) is 0.217. The molecule has 2 aromatic carbocycles. The summed E-state index contributed by atoms with van der Waals surface area (Å²) in [5.74, 6) is -0.207. The molecular formula is C23H25NO4. The molecule has 0 saturated carbocycles. The van der Waals surface area contributed by atoms with Crippen molar-refractivity contribution in [2.24, 2.45) is 0 Å². The average molecular weight is 379 g/mol. The van der Waals surface area contributed by atoms with Crippen LogP contribution in [0.4, 0.5) is 0 Å². The second kappa shape index (κ2) is 10.7. The van der Waals surface area contributed by atoms with Gasteiger partial charge in [-0.25, -0.2) is 4.79 Å². The third kappa shape index (κ3) is 6.76. The fourth-order valence-electron chi connectivity index (χ4n) is 2.42. The molecule has 28 heavy (non-hydrogen) atoms. The fourth-order valence-corrected chi connectivity index (χ4v) is 2.42. The second-order valence-electron chi connectivity index (χ2n) is 6.22. The van der Waals surface area contributed by atoms with Crippen molar-refractivity contribution in [1.29, 1.82) is 0 Å². The number of benzene rings is 2. The quantitative estimate of drug-likeness (QED) is 0.405. The molecular weight excluding hydrogens is 354 g/mol. The van der Waals surface area contributed by atoms with Gasteiger partial charge in [-0.15, -0.1) is 0 Å². The van der Waals surface area contributed by atoms with Gasteiger partial charge in [0.2, 0.25) is 0 Å². The standard InChI is InChI=1S/C23H25NO4/c1-4-16-27-21-13-10-19(11-14-21)12-15-22(25)28-18(3)23(26)24-17(2)20-8-6-5-7-9-20/h4-15,17-18H,1,16H2,2-3H3,(H,24,26)/b15-12+. The number of hydrogen-bond donors (Lipinski definition) is 1. The Bertz CT molecular complexity index is 812. The molecule has 0 saturated heterocycles. The van der Waals surface area contributed by atoms with E-state index in [1.165, 1.54) is 6.08 Å². The first-order chi connectivity index (χ1) is 13.5. The lowest BCUT2D eigenvalue weighted by Crippen LogP contribution is -2.37. The predicted octanol–water partition coefficient (Wildman–Crippen LogP) is 4.07. The molecule has 0 aliphatic carbocycles. The molecule has 2 rings (SSSR count). The Kier molecular flexibility index (Phi) is 8.03. The van der Waals surface area contributed by atoms with Gasteiger partial charge in [-0.3, -0.25) is 4.79 Å². The van der Waals surface area contributed by atoms with Crippen LogP contribution in [0.15, 0.2) is 73.3 Å². The summed E-state index contributed by atoms with van der Waals surface area (Å²) in [6, 6.07) is 16.7. The van der Waals surface area contributed by atoms with Gasteiger partial charge in [0.05, 0.1) is 6.04 Å². The number of rotatable bonds is 9. The number of hydrogen-bond acceptors (Lipinski definition) is 4. The summed E-state index contributed by atoms with van der Waals surface area (Å²) in [7, 11) is 0. The topological polar surface area (TPSA) is 64.6 Å². The number of esters is 1. The van der Waals surface area contributed by atoms with Crippen molar-refractivity contribution in [2.45, 2.75) is 26.0 Å². The summed E-state index contributed by atoms with van der Waals surface area (Å²) >= 11 is 0. The lowest BCUT2D eigenvalue weighted by molar-refractivity contribution is -0.150. The molecule has 0 aromatic heterocycles. The highest BCUT2D eigenvalue weighted by atomic mass is 16.5. The summed E-state index contributed by atoms with van der Waals surface area (Å²) in [6.07, 6.45) is 3.70. The van der Waals surface area contributed by atoms with Crippen LogP contribution < -0.4 is 10.1 Å². The van der Waals surface area contributed by atoms with E-state index in [-0.39, 0.29) is 11.9 Å². The number of ether oxygens (including phenoxy) is 2. The van der Waals surface area contributed by atoms with Crippen LogP contribution in [-0.2, 0) is 14.3 Å². The molecule has 2 aromatic rings. The third-order valence-electron chi connectivity index (χ3n) is 3.98. The summed E-state index contributed by atoms with van der Waals surface area (Å²) in [5, 5.41) is 2.84. The van der Waals surface area contributed by atoms with Crippen LogP contribution >= 0.6 is 0 Å². The molecule has 0 fully saturated rings. The van der Waals surface area contributed by atoms with E-state index < -0.39 is 12.1 Å². The predicted molar refractivity (Wildman–Crippen MR) is 110 cm³/mol. The highest BCUT2D eigenvalue weighted by molar-refractivity contribution is 5.90. The van der Waals surface area contributed by atoms with E-state index in [2.05, 4.69) is 11.9 Å². The van der Waals surface area contributed by atoms with Crippen molar-refractivity contribution >= 4 is 18.0 Å². The maximum Gasteiger partial charge on any atom is 0.331 e. The largest absolute Gasteiger partial charge is 0.490 e. The molecule has 1 N–H and O–H groups in total. The smallest absolute Gasteiger partial charge is 0.331 e. The molecule has 5 heteroatoms. The maximum atomic E-state index is 12.2. The van der Waals surface area contributed by atoms with E-state index >= 15 is 0 Å². The summed E-state index contributed by atoms with van der Waals surface area (Å²) < 4.78 is 10.6.